The lowest BCUT2D eigenvalue weighted by atomic mass is 9.77. The Kier molecular flexibility index (Phi) is 3.48. The third-order valence-electron chi connectivity index (χ3n) is 5.80. The molecule has 3 aliphatic rings. The zero-order chi connectivity index (χ0) is 15.2. The number of amides is 1. The van der Waals surface area contributed by atoms with Gasteiger partial charge < -0.3 is 4.90 Å². The summed E-state index contributed by atoms with van der Waals surface area (Å²) in [5.74, 6) is 1.10. The van der Waals surface area contributed by atoms with Gasteiger partial charge in [-0.3, -0.25) is 9.69 Å². The van der Waals surface area contributed by atoms with E-state index < -0.39 is 0 Å². The molecule has 3 heteroatoms. The number of piperidine rings is 1. The molecule has 4 rings (SSSR count). The van der Waals surface area contributed by atoms with Crippen LogP contribution >= 0.6 is 0 Å². The Balaban J connectivity index is 1.69. The molecule has 0 N–H and O–H groups in total. The maximum atomic E-state index is 12.2. The highest BCUT2D eigenvalue weighted by atomic mass is 16.2. The van der Waals surface area contributed by atoms with E-state index in [9.17, 15) is 4.79 Å². The molecule has 1 aliphatic carbocycles. The molecule has 22 heavy (non-hydrogen) atoms. The SMILES string of the molecule is CC(=O)N1CC2(CCCCN2CC2CC2)Cc2ccccc21. The van der Waals surface area contributed by atoms with E-state index in [0.717, 1.165) is 24.6 Å². The molecule has 118 valence electrons. The Morgan fingerprint density at radius 1 is 1.27 bits per heavy atom. The first kappa shape index (κ1) is 14.3. The van der Waals surface area contributed by atoms with Gasteiger partial charge in [-0.15, -0.1) is 0 Å². The van der Waals surface area contributed by atoms with Crippen LogP contribution in [-0.2, 0) is 11.2 Å². The van der Waals surface area contributed by atoms with Crippen molar-refractivity contribution in [2.24, 2.45) is 5.92 Å². The van der Waals surface area contributed by atoms with E-state index in [4.69, 9.17) is 0 Å². The van der Waals surface area contributed by atoms with Gasteiger partial charge in [0.05, 0.1) is 0 Å². The average Bonchev–Trinajstić information content (AvgIpc) is 3.33. The quantitative estimate of drug-likeness (QED) is 0.837. The number of carbonyl (C=O) groups excluding carboxylic acids is 1. The molecule has 2 aliphatic heterocycles. The zero-order valence-corrected chi connectivity index (χ0v) is 13.6. The Morgan fingerprint density at radius 2 is 2.09 bits per heavy atom. The van der Waals surface area contributed by atoms with Gasteiger partial charge in [0.2, 0.25) is 5.91 Å². The Hall–Kier alpha value is -1.35. The summed E-state index contributed by atoms with van der Waals surface area (Å²) in [7, 11) is 0. The highest BCUT2D eigenvalue weighted by Crippen LogP contribution is 2.42. The first-order valence-electron chi connectivity index (χ1n) is 8.79. The second kappa shape index (κ2) is 5.38. The van der Waals surface area contributed by atoms with Gasteiger partial charge in [0, 0.05) is 31.2 Å². The number of rotatable bonds is 2. The molecule has 1 unspecified atom stereocenters. The summed E-state index contributed by atoms with van der Waals surface area (Å²) in [5.41, 5.74) is 2.67. The van der Waals surface area contributed by atoms with Crippen molar-refractivity contribution in [3.8, 4) is 0 Å². The van der Waals surface area contributed by atoms with Crippen LogP contribution in [0.15, 0.2) is 24.3 Å². The van der Waals surface area contributed by atoms with Crippen LogP contribution in [0.5, 0.6) is 0 Å². The number of benzene rings is 1. The van der Waals surface area contributed by atoms with E-state index in [1.807, 2.05) is 4.90 Å². The van der Waals surface area contributed by atoms with Crippen LogP contribution in [0.4, 0.5) is 5.69 Å². The number of hydrogen-bond acceptors (Lipinski definition) is 2. The van der Waals surface area contributed by atoms with E-state index >= 15 is 0 Å². The van der Waals surface area contributed by atoms with Gasteiger partial charge in [-0.05, 0) is 56.2 Å². The molecule has 0 radical (unpaired) electrons. The molecule has 1 saturated carbocycles. The fraction of sp³-hybridized carbons (Fsp3) is 0.632. The predicted octanol–water partition coefficient (Wildman–Crippen LogP) is 3.23. The summed E-state index contributed by atoms with van der Waals surface area (Å²) in [6.07, 6.45) is 7.77. The van der Waals surface area contributed by atoms with Crippen molar-refractivity contribution in [2.45, 2.75) is 51.0 Å². The first-order chi connectivity index (χ1) is 10.7. The molecule has 1 aromatic carbocycles. The number of para-hydroxylation sites is 1. The Labute approximate surface area is 133 Å². The van der Waals surface area contributed by atoms with Gasteiger partial charge in [0.25, 0.3) is 0 Å². The Bertz CT molecular complexity index is 581. The lowest BCUT2D eigenvalue weighted by Gasteiger charge is -2.52. The van der Waals surface area contributed by atoms with Crippen LogP contribution in [0.2, 0.25) is 0 Å². The standard InChI is InChI=1S/C19H26N2O/c1-15(22)21-14-19(12-17-6-2-3-7-18(17)21)10-4-5-11-20(19)13-16-8-9-16/h2-3,6-7,16H,4-5,8-14H2,1H3. The number of carbonyl (C=O) groups is 1. The molecule has 1 spiro atoms. The van der Waals surface area contributed by atoms with Crippen molar-refractivity contribution >= 4 is 11.6 Å². The van der Waals surface area contributed by atoms with Crippen LogP contribution in [0.1, 0.15) is 44.6 Å². The van der Waals surface area contributed by atoms with Gasteiger partial charge >= 0.3 is 0 Å². The van der Waals surface area contributed by atoms with Gasteiger partial charge in [-0.25, -0.2) is 0 Å². The predicted molar refractivity (Wildman–Crippen MR) is 89.1 cm³/mol. The molecule has 1 amide bonds. The highest BCUT2D eigenvalue weighted by Gasteiger charge is 2.45. The molecular weight excluding hydrogens is 272 g/mol. The van der Waals surface area contributed by atoms with Gasteiger partial charge in [-0.2, -0.15) is 0 Å². The normalized spacial score (nSPS) is 28.7. The van der Waals surface area contributed by atoms with Crippen molar-refractivity contribution in [3.63, 3.8) is 0 Å². The molecule has 1 saturated heterocycles. The fourth-order valence-corrected chi connectivity index (χ4v) is 4.42. The second-order valence-corrected chi connectivity index (χ2v) is 7.48. The van der Waals surface area contributed by atoms with E-state index in [2.05, 4.69) is 29.2 Å². The van der Waals surface area contributed by atoms with Crippen LogP contribution in [-0.4, -0.2) is 36.0 Å². The number of nitrogens with zero attached hydrogens (tertiary/aromatic N) is 2. The van der Waals surface area contributed by atoms with Crippen LogP contribution in [0.3, 0.4) is 0 Å². The number of anilines is 1. The van der Waals surface area contributed by atoms with Gasteiger partial charge in [0.1, 0.15) is 0 Å². The summed E-state index contributed by atoms with van der Waals surface area (Å²) < 4.78 is 0. The molecular formula is C19H26N2O. The topological polar surface area (TPSA) is 23.6 Å². The number of fused-ring (bicyclic) bond motifs is 1. The van der Waals surface area contributed by atoms with E-state index in [1.165, 1.54) is 50.8 Å². The van der Waals surface area contributed by atoms with E-state index in [0.29, 0.717) is 0 Å². The Morgan fingerprint density at radius 3 is 2.86 bits per heavy atom. The van der Waals surface area contributed by atoms with Crippen molar-refractivity contribution < 1.29 is 4.79 Å². The molecule has 2 heterocycles. The first-order valence-corrected chi connectivity index (χ1v) is 8.79. The fourth-order valence-electron chi connectivity index (χ4n) is 4.42. The van der Waals surface area contributed by atoms with Crippen molar-refractivity contribution in [3.05, 3.63) is 29.8 Å². The minimum absolute atomic E-state index is 0.181. The van der Waals surface area contributed by atoms with Crippen LogP contribution < -0.4 is 4.90 Å². The summed E-state index contributed by atoms with van der Waals surface area (Å²) >= 11 is 0. The lowest BCUT2D eigenvalue weighted by molar-refractivity contribution is -0.117. The monoisotopic (exact) mass is 298 g/mol. The summed E-state index contributed by atoms with van der Waals surface area (Å²) in [5, 5.41) is 0. The third kappa shape index (κ3) is 2.45. The molecule has 0 aromatic heterocycles. The minimum atomic E-state index is 0.181. The number of likely N-dealkylation sites (tertiary alicyclic amines) is 1. The smallest absolute Gasteiger partial charge is 0.223 e. The maximum absolute atomic E-state index is 12.2. The number of hydrogen-bond donors (Lipinski definition) is 0. The van der Waals surface area contributed by atoms with Crippen molar-refractivity contribution in [1.82, 2.24) is 4.90 Å². The van der Waals surface area contributed by atoms with E-state index in [1.54, 1.807) is 6.92 Å². The van der Waals surface area contributed by atoms with Crippen molar-refractivity contribution in [1.29, 1.82) is 0 Å². The van der Waals surface area contributed by atoms with Crippen LogP contribution in [0, 0.1) is 5.92 Å². The molecule has 1 atom stereocenters. The summed E-state index contributed by atoms with van der Waals surface area (Å²) in [6.45, 7) is 5.05. The highest BCUT2D eigenvalue weighted by molar-refractivity contribution is 5.93. The lowest BCUT2D eigenvalue weighted by Crippen LogP contribution is -2.62. The minimum Gasteiger partial charge on any atom is -0.311 e. The third-order valence-corrected chi connectivity index (χ3v) is 5.80. The molecule has 1 aromatic rings. The zero-order valence-electron chi connectivity index (χ0n) is 13.6. The summed E-state index contributed by atoms with van der Waals surface area (Å²) in [4.78, 5) is 17.0. The molecule has 3 nitrogen and oxygen atoms in total. The van der Waals surface area contributed by atoms with Gasteiger partial charge in [0.15, 0.2) is 0 Å². The average molecular weight is 298 g/mol. The molecule has 2 fully saturated rings. The largest absolute Gasteiger partial charge is 0.311 e. The van der Waals surface area contributed by atoms with Crippen LogP contribution in [0.25, 0.3) is 0 Å². The van der Waals surface area contributed by atoms with Gasteiger partial charge in [-0.1, -0.05) is 24.6 Å². The van der Waals surface area contributed by atoms with Crippen molar-refractivity contribution in [2.75, 3.05) is 24.5 Å². The second-order valence-electron chi connectivity index (χ2n) is 7.48. The summed E-state index contributed by atoms with van der Waals surface area (Å²) in [6, 6.07) is 8.49. The molecule has 0 bridgehead atoms. The van der Waals surface area contributed by atoms with E-state index in [-0.39, 0.29) is 11.4 Å². The maximum Gasteiger partial charge on any atom is 0.223 e.